The van der Waals surface area contributed by atoms with Gasteiger partial charge in [-0.1, -0.05) is 6.92 Å². The first-order valence-electron chi connectivity index (χ1n) is 8.26. The van der Waals surface area contributed by atoms with E-state index < -0.39 is 0 Å². The topological polar surface area (TPSA) is 44.3 Å². The van der Waals surface area contributed by atoms with E-state index in [1.54, 1.807) is 0 Å². The van der Waals surface area contributed by atoms with E-state index in [9.17, 15) is 0 Å². The lowest BCUT2D eigenvalue weighted by Crippen LogP contribution is -2.47. The summed E-state index contributed by atoms with van der Waals surface area (Å²) in [7, 11) is 1.95. The largest absolute Gasteiger partial charge is 0.373 e. The summed E-state index contributed by atoms with van der Waals surface area (Å²) in [4.78, 5) is 14.6. The highest BCUT2D eigenvalue weighted by Crippen LogP contribution is 2.40. The molecule has 5 heteroatoms. The number of anilines is 2. The average molecular weight is 289 g/mol. The highest BCUT2D eigenvalue weighted by molar-refractivity contribution is 5.59. The van der Waals surface area contributed by atoms with Gasteiger partial charge in [-0.25, -0.2) is 9.97 Å². The van der Waals surface area contributed by atoms with E-state index in [1.165, 1.54) is 31.4 Å². The summed E-state index contributed by atoms with van der Waals surface area (Å²) in [6.45, 7) is 10.0. The fourth-order valence-corrected chi connectivity index (χ4v) is 3.10. The Morgan fingerprint density at radius 3 is 2.43 bits per heavy atom. The fraction of sp³-hybridized carbons (Fsp3) is 0.750. The molecule has 1 aliphatic heterocycles. The third-order valence-electron chi connectivity index (χ3n) is 4.53. The van der Waals surface area contributed by atoms with Gasteiger partial charge in [-0.3, -0.25) is 4.90 Å². The molecule has 1 aromatic rings. The molecule has 0 unspecified atom stereocenters. The summed E-state index contributed by atoms with van der Waals surface area (Å²) in [6.07, 6.45) is 3.73. The molecule has 1 aromatic heterocycles. The fourth-order valence-electron chi connectivity index (χ4n) is 3.10. The SMILES string of the molecule is CCCN1CCN(c2nc(C3CC3)nc(NC)c2C)CC1. The molecule has 1 N–H and O–H groups in total. The second-order valence-corrected chi connectivity index (χ2v) is 6.23. The van der Waals surface area contributed by atoms with Crippen LogP contribution in [-0.2, 0) is 0 Å². The first-order valence-corrected chi connectivity index (χ1v) is 8.26. The molecule has 2 aliphatic rings. The molecule has 1 aliphatic carbocycles. The van der Waals surface area contributed by atoms with E-state index in [2.05, 4.69) is 29.0 Å². The van der Waals surface area contributed by atoms with Gasteiger partial charge in [-0.15, -0.1) is 0 Å². The molecule has 21 heavy (non-hydrogen) atoms. The summed E-state index contributed by atoms with van der Waals surface area (Å²) in [6, 6.07) is 0. The molecule has 5 nitrogen and oxygen atoms in total. The van der Waals surface area contributed by atoms with Gasteiger partial charge in [0.15, 0.2) is 0 Å². The number of aromatic nitrogens is 2. The minimum atomic E-state index is 0.595. The maximum Gasteiger partial charge on any atom is 0.137 e. The molecule has 3 rings (SSSR count). The summed E-state index contributed by atoms with van der Waals surface area (Å²) in [5.41, 5.74) is 1.19. The van der Waals surface area contributed by atoms with Crippen molar-refractivity contribution in [3.63, 3.8) is 0 Å². The van der Waals surface area contributed by atoms with Crippen LogP contribution in [0.1, 0.15) is 43.5 Å². The minimum Gasteiger partial charge on any atom is -0.373 e. The van der Waals surface area contributed by atoms with Crippen LogP contribution in [0.15, 0.2) is 0 Å². The molecule has 0 radical (unpaired) electrons. The van der Waals surface area contributed by atoms with Gasteiger partial charge < -0.3 is 10.2 Å². The van der Waals surface area contributed by atoms with E-state index in [0.717, 1.165) is 43.6 Å². The summed E-state index contributed by atoms with van der Waals surface area (Å²) < 4.78 is 0. The van der Waals surface area contributed by atoms with E-state index in [4.69, 9.17) is 9.97 Å². The van der Waals surface area contributed by atoms with Crippen LogP contribution < -0.4 is 10.2 Å². The number of hydrogen-bond donors (Lipinski definition) is 1. The Morgan fingerprint density at radius 2 is 1.86 bits per heavy atom. The van der Waals surface area contributed by atoms with E-state index in [1.807, 2.05) is 7.05 Å². The number of nitrogens with one attached hydrogen (secondary N) is 1. The molecule has 0 atom stereocenters. The summed E-state index contributed by atoms with van der Waals surface area (Å²) >= 11 is 0. The normalized spacial score (nSPS) is 19.9. The molecule has 0 bridgehead atoms. The second-order valence-electron chi connectivity index (χ2n) is 6.23. The van der Waals surface area contributed by atoms with Crippen LogP contribution in [0, 0.1) is 6.92 Å². The minimum absolute atomic E-state index is 0.595. The lowest BCUT2D eigenvalue weighted by Gasteiger charge is -2.36. The Hall–Kier alpha value is -1.36. The van der Waals surface area contributed by atoms with Gasteiger partial charge >= 0.3 is 0 Å². The Kier molecular flexibility index (Phi) is 4.29. The van der Waals surface area contributed by atoms with E-state index in [-0.39, 0.29) is 0 Å². The highest BCUT2D eigenvalue weighted by atomic mass is 15.3. The van der Waals surface area contributed by atoms with Crippen LogP contribution in [0.5, 0.6) is 0 Å². The van der Waals surface area contributed by atoms with Gasteiger partial charge in [0.05, 0.1) is 0 Å². The average Bonchev–Trinajstić information content (AvgIpc) is 3.34. The van der Waals surface area contributed by atoms with Crippen molar-refractivity contribution in [2.45, 2.75) is 39.0 Å². The van der Waals surface area contributed by atoms with Gasteiger partial charge in [-0.05, 0) is 32.7 Å². The maximum absolute atomic E-state index is 4.89. The van der Waals surface area contributed by atoms with Crippen molar-refractivity contribution >= 4 is 11.6 Å². The Labute approximate surface area is 127 Å². The molecule has 116 valence electrons. The standard InChI is InChI=1S/C16H27N5/c1-4-7-20-8-10-21(11-9-20)16-12(2)14(17-3)18-15(19-16)13-5-6-13/h13H,4-11H2,1-3H3,(H,17,18,19). The quantitative estimate of drug-likeness (QED) is 0.900. The van der Waals surface area contributed by atoms with Gasteiger partial charge in [0.2, 0.25) is 0 Å². The van der Waals surface area contributed by atoms with Crippen molar-refractivity contribution in [1.82, 2.24) is 14.9 Å². The van der Waals surface area contributed by atoms with Gasteiger partial charge in [0, 0.05) is 44.7 Å². The van der Waals surface area contributed by atoms with E-state index in [0.29, 0.717) is 5.92 Å². The first-order chi connectivity index (χ1) is 10.2. The molecule has 1 saturated carbocycles. The number of nitrogens with zero attached hydrogens (tertiary/aromatic N) is 4. The lowest BCUT2D eigenvalue weighted by molar-refractivity contribution is 0.258. The molecular formula is C16H27N5. The predicted octanol–water partition coefficient (Wildman–Crippen LogP) is 2.24. The maximum atomic E-state index is 4.89. The Morgan fingerprint density at radius 1 is 1.14 bits per heavy atom. The highest BCUT2D eigenvalue weighted by Gasteiger charge is 2.29. The van der Waals surface area contributed by atoms with Crippen molar-refractivity contribution in [2.75, 3.05) is 50.0 Å². The molecule has 0 amide bonds. The van der Waals surface area contributed by atoms with Crippen molar-refractivity contribution in [1.29, 1.82) is 0 Å². The van der Waals surface area contributed by atoms with Crippen LogP contribution in [0.2, 0.25) is 0 Å². The molecule has 2 heterocycles. The summed E-state index contributed by atoms with van der Waals surface area (Å²) in [5, 5.41) is 3.24. The summed E-state index contributed by atoms with van der Waals surface area (Å²) in [5.74, 6) is 3.78. The zero-order chi connectivity index (χ0) is 14.8. The predicted molar refractivity (Wildman–Crippen MR) is 87.2 cm³/mol. The van der Waals surface area contributed by atoms with Crippen molar-refractivity contribution in [3.05, 3.63) is 11.4 Å². The lowest BCUT2D eigenvalue weighted by atomic mass is 10.2. The Balaban J connectivity index is 1.79. The first kappa shape index (κ1) is 14.6. The van der Waals surface area contributed by atoms with Crippen LogP contribution in [0.25, 0.3) is 0 Å². The van der Waals surface area contributed by atoms with Crippen LogP contribution >= 0.6 is 0 Å². The number of hydrogen-bond acceptors (Lipinski definition) is 5. The van der Waals surface area contributed by atoms with Crippen LogP contribution in [0.3, 0.4) is 0 Å². The van der Waals surface area contributed by atoms with E-state index >= 15 is 0 Å². The molecule has 0 spiro atoms. The van der Waals surface area contributed by atoms with Crippen molar-refractivity contribution < 1.29 is 0 Å². The third-order valence-corrected chi connectivity index (χ3v) is 4.53. The van der Waals surface area contributed by atoms with Crippen molar-refractivity contribution in [3.8, 4) is 0 Å². The zero-order valence-electron chi connectivity index (χ0n) is 13.5. The monoisotopic (exact) mass is 289 g/mol. The molecule has 1 saturated heterocycles. The Bertz CT molecular complexity index is 490. The molecular weight excluding hydrogens is 262 g/mol. The van der Waals surface area contributed by atoms with Crippen LogP contribution in [-0.4, -0.2) is 54.6 Å². The third kappa shape index (κ3) is 3.12. The number of rotatable bonds is 5. The van der Waals surface area contributed by atoms with Crippen LogP contribution in [0.4, 0.5) is 11.6 Å². The van der Waals surface area contributed by atoms with Gasteiger partial charge in [-0.2, -0.15) is 0 Å². The van der Waals surface area contributed by atoms with Gasteiger partial charge in [0.1, 0.15) is 17.5 Å². The number of piperazine rings is 1. The zero-order valence-corrected chi connectivity index (χ0v) is 13.5. The smallest absolute Gasteiger partial charge is 0.137 e. The second kappa shape index (κ2) is 6.18. The molecule has 2 fully saturated rings. The van der Waals surface area contributed by atoms with Gasteiger partial charge in [0.25, 0.3) is 0 Å². The van der Waals surface area contributed by atoms with Crippen molar-refractivity contribution in [2.24, 2.45) is 0 Å². The molecule has 0 aromatic carbocycles.